The van der Waals surface area contributed by atoms with E-state index in [0.717, 1.165) is 11.1 Å². The molecule has 2 amide bonds. The van der Waals surface area contributed by atoms with E-state index in [4.69, 9.17) is 11.2 Å². The Morgan fingerprint density at radius 3 is 2.70 bits per heavy atom. The summed E-state index contributed by atoms with van der Waals surface area (Å²) in [5.41, 5.74) is 2.27. The third-order valence-corrected chi connectivity index (χ3v) is 3.14. The van der Waals surface area contributed by atoms with Crippen LogP contribution < -0.4 is 15.4 Å². The summed E-state index contributed by atoms with van der Waals surface area (Å²) >= 11 is 0. The van der Waals surface area contributed by atoms with Crippen LogP contribution in [0, 0.1) is 12.3 Å². The number of urea groups is 1. The summed E-state index contributed by atoms with van der Waals surface area (Å²) in [5.74, 6) is 2.97. The van der Waals surface area contributed by atoms with Crippen molar-refractivity contribution in [1.82, 2.24) is 5.32 Å². The summed E-state index contributed by atoms with van der Waals surface area (Å²) in [7, 11) is 0. The van der Waals surface area contributed by atoms with E-state index in [0.29, 0.717) is 18.0 Å². The molecule has 0 heterocycles. The molecule has 118 valence electrons. The van der Waals surface area contributed by atoms with Crippen LogP contribution in [0.3, 0.4) is 0 Å². The first-order valence-electron chi connectivity index (χ1n) is 7.11. The zero-order chi connectivity index (χ0) is 16.5. The molecule has 2 aromatic carbocycles. The number of amides is 2. The molecule has 23 heavy (non-hydrogen) atoms. The van der Waals surface area contributed by atoms with Crippen LogP contribution >= 0.6 is 0 Å². The number of nitrogens with one attached hydrogen (secondary N) is 2. The molecule has 0 aliphatic heterocycles. The topological polar surface area (TPSA) is 70.6 Å². The van der Waals surface area contributed by atoms with Crippen LogP contribution in [-0.2, 0) is 13.2 Å². The van der Waals surface area contributed by atoms with Crippen molar-refractivity contribution in [2.45, 2.75) is 13.2 Å². The van der Waals surface area contributed by atoms with Gasteiger partial charge in [0.2, 0.25) is 0 Å². The third kappa shape index (κ3) is 5.06. The van der Waals surface area contributed by atoms with Crippen LogP contribution in [0.2, 0.25) is 0 Å². The normalized spacial score (nSPS) is 9.74. The number of hydrogen-bond acceptors (Lipinski definition) is 3. The highest BCUT2D eigenvalue weighted by atomic mass is 16.5. The smallest absolute Gasteiger partial charge is 0.319 e. The Morgan fingerprint density at radius 2 is 1.96 bits per heavy atom. The quantitative estimate of drug-likeness (QED) is 0.718. The minimum Gasteiger partial charge on any atom is -0.481 e. The summed E-state index contributed by atoms with van der Waals surface area (Å²) in [6.07, 6.45) is 5.14. The molecule has 0 spiro atoms. The molecule has 0 aliphatic rings. The number of carbonyl (C=O) groups excluding carboxylic acids is 1. The van der Waals surface area contributed by atoms with E-state index in [9.17, 15) is 9.90 Å². The third-order valence-electron chi connectivity index (χ3n) is 3.14. The summed E-state index contributed by atoms with van der Waals surface area (Å²) < 4.78 is 5.30. The maximum Gasteiger partial charge on any atom is 0.319 e. The molecule has 0 aromatic heterocycles. The van der Waals surface area contributed by atoms with E-state index in [1.54, 1.807) is 24.3 Å². The highest BCUT2D eigenvalue weighted by Crippen LogP contribution is 2.17. The van der Waals surface area contributed by atoms with Crippen molar-refractivity contribution in [3.8, 4) is 18.1 Å². The minimum atomic E-state index is -0.341. The van der Waals surface area contributed by atoms with E-state index in [1.807, 2.05) is 24.3 Å². The van der Waals surface area contributed by atoms with Gasteiger partial charge in [-0.15, -0.1) is 6.42 Å². The van der Waals surface area contributed by atoms with Crippen molar-refractivity contribution in [2.75, 3.05) is 11.9 Å². The first-order valence-corrected chi connectivity index (χ1v) is 7.11. The van der Waals surface area contributed by atoms with Gasteiger partial charge in [0.05, 0.1) is 6.61 Å². The zero-order valence-corrected chi connectivity index (χ0v) is 12.6. The fourth-order valence-corrected chi connectivity index (χ4v) is 2.02. The highest BCUT2D eigenvalue weighted by Gasteiger charge is 2.05. The minimum absolute atomic E-state index is 0.0615. The lowest BCUT2D eigenvalue weighted by molar-refractivity contribution is 0.251. The second kappa shape index (κ2) is 8.47. The van der Waals surface area contributed by atoms with Crippen LogP contribution in [0.1, 0.15) is 11.1 Å². The van der Waals surface area contributed by atoms with E-state index in [2.05, 4.69) is 16.6 Å². The first-order chi connectivity index (χ1) is 11.2. The van der Waals surface area contributed by atoms with Gasteiger partial charge in [0.1, 0.15) is 12.4 Å². The average Bonchev–Trinajstić information content (AvgIpc) is 2.58. The Balaban J connectivity index is 1.91. The van der Waals surface area contributed by atoms with Gasteiger partial charge in [-0.3, -0.25) is 0 Å². The van der Waals surface area contributed by atoms with Crippen molar-refractivity contribution in [3.05, 3.63) is 59.7 Å². The lowest BCUT2D eigenvalue weighted by Gasteiger charge is -2.11. The number of hydrogen-bond donors (Lipinski definition) is 3. The van der Waals surface area contributed by atoms with E-state index >= 15 is 0 Å². The van der Waals surface area contributed by atoms with Crippen LogP contribution in [0.5, 0.6) is 5.75 Å². The van der Waals surface area contributed by atoms with Gasteiger partial charge < -0.3 is 20.5 Å². The maximum absolute atomic E-state index is 12.0. The molecule has 0 saturated carbocycles. The fraction of sp³-hybridized carbons (Fsp3) is 0.167. The van der Waals surface area contributed by atoms with Crippen LogP contribution in [-0.4, -0.2) is 17.7 Å². The molecule has 2 aromatic rings. The zero-order valence-electron chi connectivity index (χ0n) is 12.6. The van der Waals surface area contributed by atoms with E-state index < -0.39 is 0 Å². The first kappa shape index (κ1) is 16.4. The molecule has 0 aliphatic carbocycles. The van der Waals surface area contributed by atoms with Crippen molar-refractivity contribution >= 4 is 11.7 Å². The van der Waals surface area contributed by atoms with Crippen molar-refractivity contribution in [1.29, 1.82) is 0 Å². The summed E-state index contributed by atoms with van der Waals surface area (Å²) in [4.78, 5) is 12.0. The summed E-state index contributed by atoms with van der Waals surface area (Å²) in [6.45, 7) is 0.442. The van der Waals surface area contributed by atoms with Gasteiger partial charge in [-0.1, -0.05) is 36.3 Å². The predicted molar refractivity (Wildman–Crippen MR) is 89.0 cm³/mol. The Kier molecular flexibility index (Phi) is 6.04. The Labute approximate surface area is 135 Å². The largest absolute Gasteiger partial charge is 0.481 e. The number of ether oxygens (including phenoxy) is 1. The van der Waals surface area contributed by atoms with Gasteiger partial charge in [-0.2, -0.15) is 0 Å². The number of terminal acetylenes is 1. The Morgan fingerprint density at radius 1 is 1.17 bits per heavy atom. The number of aliphatic hydroxyl groups is 1. The molecule has 0 fully saturated rings. The average molecular weight is 310 g/mol. The van der Waals surface area contributed by atoms with E-state index in [-0.39, 0.29) is 19.2 Å². The molecule has 0 bridgehead atoms. The van der Waals surface area contributed by atoms with Gasteiger partial charge >= 0.3 is 6.03 Å². The van der Waals surface area contributed by atoms with Gasteiger partial charge in [0.25, 0.3) is 0 Å². The fourth-order valence-electron chi connectivity index (χ4n) is 2.02. The van der Waals surface area contributed by atoms with Gasteiger partial charge in [0, 0.05) is 18.3 Å². The van der Waals surface area contributed by atoms with Gasteiger partial charge in [0.15, 0.2) is 0 Å². The second-order valence-corrected chi connectivity index (χ2v) is 4.76. The maximum atomic E-state index is 12.0. The Bertz CT molecular complexity index is 707. The lowest BCUT2D eigenvalue weighted by atomic mass is 10.1. The van der Waals surface area contributed by atoms with Gasteiger partial charge in [-0.25, -0.2) is 4.79 Å². The monoisotopic (exact) mass is 310 g/mol. The summed E-state index contributed by atoms with van der Waals surface area (Å²) in [5, 5.41) is 14.7. The number of carbonyl (C=O) groups is 1. The van der Waals surface area contributed by atoms with Crippen molar-refractivity contribution < 1.29 is 14.6 Å². The highest BCUT2D eigenvalue weighted by molar-refractivity contribution is 5.89. The predicted octanol–water partition coefficient (Wildman–Crippen LogP) is 2.51. The van der Waals surface area contributed by atoms with E-state index in [1.165, 1.54) is 0 Å². The van der Waals surface area contributed by atoms with Crippen molar-refractivity contribution in [3.63, 3.8) is 0 Å². The molecule has 5 nitrogen and oxygen atoms in total. The molecule has 3 N–H and O–H groups in total. The lowest BCUT2D eigenvalue weighted by Crippen LogP contribution is -2.28. The molecule has 0 saturated heterocycles. The van der Waals surface area contributed by atoms with Crippen molar-refractivity contribution in [2.24, 2.45) is 0 Å². The molecular weight excluding hydrogens is 292 g/mol. The molecule has 0 radical (unpaired) electrons. The standard InChI is InChI=1S/C18H18N2O3/c1-2-10-23-17-9-5-8-16(11-17)20-18(22)19-12-14-6-3-4-7-15(14)13-21/h1,3-9,11,21H,10,12-13H2,(H2,19,20,22). The van der Waals surface area contributed by atoms with Gasteiger partial charge in [-0.05, 0) is 23.3 Å². The van der Waals surface area contributed by atoms with Crippen LogP contribution in [0.15, 0.2) is 48.5 Å². The molecule has 5 heteroatoms. The number of anilines is 1. The molecule has 0 unspecified atom stereocenters. The Hall–Kier alpha value is -2.97. The van der Waals surface area contributed by atoms with Crippen LogP contribution in [0.4, 0.5) is 10.5 Å². The number of aliphatic hydroxyl groups excluding tert-OH is 1. The molecular formula is C18H18N2O3. The molecule has 2 rings (SSSR count). The number of benzene rings is 2. The summed E-state index contributed by atoms with van der Waals surface area (Å²) in [6, 6.07) is 14.0. The SMILES string of the molecule is C#CCOc1cccc(NC(=O)NCc2ccccc2CO)c1. The second-order valence-electron chi connectivity index (χ2n) is 4.76. The number of rotatable bonds is 6. The van der Waals surface area contributed by atoms with Crippen LogP contribution in [0.25, 0.3) is 0 Å². The molecule has 0 atom stereocenters.